The number of benzene rings is 5. The number of pyridine rings is 2. The summed E-state index contributed by atoms with van der Waals surface area (Å²) in [5.41, 5.74) is 8.72. The minimum Gasteiger partial charge on any atom is -0.295 e. The Morgan fingerprint density at radius 2 is 1.10 bits per heavy atom. The molecular weight excluding hydrogens is 474 g/mol. The zero-order valence-corrected chi connectivity index (χ0v) is 21.3. The van der Waals surface area contributed by atoms with Gasteiger partial charge in [-0.2, -0.15) is 0 Å². The average Bonchev–Trinajstić information content (AvgIpc) is 3.02. The van der Waals surface area contributed by atoms with E-state index in [1.807, 2.05) is 24.4 Å². The molecule has 184 valence electrons. The van der Waals surface area contributed by atoms with Crippen molar-refractivity contribution in [2.45, 2.75) is 0 Å². The minimum absolute atomic E-state index is 0.874. The van der Waals surface area contributed by atoms with Gasteiger partial charge >= 0.3 is 0 Å². The highest BCUT2D eigenvalue weighted by molar-refractivity contribution is 5.90. The van der Waals surface area contributed by atoms with Gasteiger partial charge in [0.25, 0.3) is 0 Å². The van der Waals surface area contributed by atoms with Crippen LogP contribution in [0, 0.1) is 0 Å². The van der Waals surface area contributed by atoms with Crippen molar-refractivity contribution >= 4 is 39.0 Å². The van der Waals surface area contributed by atoms with E-state index in [0.717, 1.165) is 50.1 Å². The van der Waals surface area contributed by atoms with Crippen molar-refractivity contribution in [3.63, 3.8) is 0 Å². The van der Waals surface area contributed by atoms with Crippen molar-refractivity contribution in [1.82, 2.24) is 9.97 Å². The minimum atomic E-state index is 0.874. The van der Waals surface area contributed by atoms with Crippen molar-refractivity contribution in [2.75, 3.05) is 4.90 Å². The summed E-state index contributed by atoms with van der Waals surface area (Å²) >= 11 is 0. The summed E-state index contributed by atoms with van der Waals surface area (Å²) in [6.07, 6.45) is 1.83. The molecule has 0 saturated carbocycles. The molecule has 0 radical (unpaired) electrons. The SMILES string of the molecule is c1ccc(-c2cccc(N(c3ccccc3)c3ccc4ccc(-c5ccc6ncccc6c5)cc4n3)c2)cc1. The third kappa shape index (κ3) is 4.51. The van der Waals surface area contributed by atoms with E-state index in [-0.39, 0.29) is 0 Å². The van der Waals surface area contributed by atoms with Crippen LogP contribution in [0.2, 0.25) is 0 Å². The molecule has 0 bridgehead atoms. The molecule has 39 heavy (non-hydrogen) atoms. The van der Waals surface area contributed by atoms with Gasteiger partial charge in [0.05, 0.1) is 11.0 Å². The first kappa shape index (κ1) is 22.9. The van der Waals surface area contributed by atoms with E-state index in [0.29, 0.717) is 0 Å². The van der Waals surface area contributed by atoms with Gasteiger partial charge in [-0.1, -0.05) is 84.9 Å². The van der Waals surface area contributed by atoms with Crippen LogP contribution in [0.3, 0.4) is 0 Å². The second kappa shape index (κ2) is 9.88. The summed E-state index contributed by atoms with van der Waals surface area (Å²) in [7, 11) is 0. The topological polar surface area (TPSA) is 29.0 Å². The molecule has 2 aromatic heterocycles. The van der Waals surface area contributed by atoms with Gasteiger partial charge in [-0.3, -0.25) is 9.88 Å². The first-order valence-corrected chi connectivity index (χ1v) is 13.1. The Labute approximate surface area is 227 Å². The third-order valence-corrected chi connectivity index (χ3v) is 7.07. The van der Waals surface area contributed by atoms with Gasteiger partial charge in [0.15, 0.2) is 0 Å². The van der Waals surface area contributed by atoms with E-state index in [4.69, 9.17) is 4.98 Å². The predicted octanol–water partition coefficient (Wildman–Crippen LogP) is 9.59. The average molecular weight is 500 g/mol. The smallest absolute Gasteiger partial charge is 0.138 e. The number of nitrogens with zero attached hydrogens (tertiary/aromatic N) is 3. The second-order valence-electron chi connectivity index (χ2n) is 9.58. The summed E-state index contributed by atoms with van der Waals surface area (Å²) in [5.74, 6) is 0.874. The maximum absolute atomic E-state index is 5.19. The number of hydrogen-bond acceptors (Lipinski definition) is 3. The zero-order valence-electron chi connectivity index (χ0n) is 21.3. The molecule has 0 saturated heterocycles. The molecule has 0 amide bonds. The van der Waals surface area contributed by atoms with E-state index < -0.39 is 0 Å². The lowest BCUT2D eigenvalue weighted by atomic mass is 10.0. The number of rotatable bonds is 5. The Hall–Kier alpha value is -5.28. The van der Waals surface area contributed by atoms with Gasteiger partial charge in [0.2, 0.25) is 0 Å². The predicted molar refractivity (Wildman–Crippen MR) is 163 cm³/mol. The molecular formula is C36H25N3. The fourth-order valence-electron chi connectivity index (χ4n) is 5.11. The molecule has 3 heteroatoms. The number of hydrogen-bond donors (Lipinski definition) is 0. The van der Waals surface area contributed by atoms with Crippen LogP contribution in [-0.4, -0.2) is 9.97 Å². The molecule has 0 atom stereocenters. The summed E-state index contributed by atoms with van der Waals surface area (Å²) in [5, 5.41) is 2.24. The van der Waals surface area contributed by atoms with E-state index in [2.05, 4.69) is 137 Å². The molecule has 0 fully saturated rings. The van der Waals surface area contributed by atoms with Crippen molar-refractivity contribution in [1.29, 1.82) is 0 Å². The highest BCUT2D eigenvalue weighted by atomic mass is 15.2. The van der Waals surface area contributed by atoms with Gasteiger partial charge < -0.3 is 0 Å². The monoisotopic (exact) mass is 499 g/mol. The van der Waals surface area contributed by atoms with Gasteiger partial charge in [-0.05, 0) is 82.9 Å². The van der Waals surface area contributed by atoms with Gasteiger partial charge in [0.1, 0.15) is 5.82 Å². The Morgan fingerprint density at radius 3 is 1.97 bits per heavy atom. The molecule has 3 nitrogen and oxygen atoms in total. The molecule has 0 aliphatic carbocycles. The lowest BCUT2D eigenvalue weighted by molar-refractivity contribution is 1.21. The maximum Gasteiger partial charge on any atom is 0.138 e. The lowest BCUT2D eigenvalue weighted by Crippen LogP contribution is -2.11. The maximum atomic E-state index is 5.19. The van der Waals surface area contributed by atoms with Gasteiger partial charge in [-0.15, -0.1) is 0 Å². The van der Waals surface area contributed by atoms with E-state index in [1.165, 1.54) is 11.1 Å². The number of aromatic nitrogens is 2. The van der Waals surface area contributed by atoms with Crippen LogP contribution >= 0.6 is 0 Å². The number of fused-ring (bicyclic) bond motifs is 2. The largest absolute Gasteiger partial charge is 0.295 e. The Kier molecular flexibility index (Phi) is 5.80. The lowest BCUT2D eigenvalue weighted by Gasteiger charge is -2.25. The van der Waals surface area contributed by atoms with Crippen LogP contribution in [0.4, 0.5) is 17.2 Å². The highest BCUT2D eigenvalue weighted by Gasteiger charge is 2.15. The van der Waals surface area contributed by atoms with Crippen LogP contribution in [0.25, 0.3) is 44.1 Å². The molecule has 0 spiro atoms. The number of para-hydroxylation sites is 1. The highest BCUT2D eigenvalue weighted by Crippen LogP contribution is 2.36. The first-order chi connectivity index (χ1) is 19.3. The standard InChI is InChI=1S/C36H25N3/c1-3-9-26(10-4-1)28-11-7-15-33(24-28)39(32-13-5-2-6-14-32)36-21-19-27-16-17-30(25-35(27)38-36)29-18-20-34-31(23-29)12-8-22-37-34/h1-25H. The molecule has 0 aliphatic heterocycles. The summed E-state index contributed by atoms with van der Waals surface area (Å²) in [6.45, 7) is 0. The van der Waals surface area contributed by atoms with Crippen molar-refractivity contribution in [2.24, 2.45) is 0 Å². The summed E-state index contributed by atoms with van der Waals surface area (Å²) in [4.78, 5) is 11.9. The van der Waals surface area contributed by atoms with E-state index in [9.17, 15) is 0 Å². The third-order valence-electron chi connectivity index (χ3n) is 7.07. The summed E-state index contributed by atoms with van der Waals surface area (Å²) in [6, 6.07) is 50.8. The normalized spacial score (nSPS) is 11.1. The summed E-state index contributed by atoms with van der Waals surface area (Å²) < 4.78 is 0. The molecule has 7 rings (SSSR count). The Balaban J connectivity index is 1.34. The Morgan fingerprint density at radius 1 is 0.410 bits per heavy atom. The van der Waals surface area contributed by atoms with E-state index >= 15 is 0 Å². The van der Waals surface area contributed by atoms with Crippen molar-refractivity contribution in [3.8, 4) is 22.3 Å². The quantitative estimate of drug-likeness (QED) is 0.236. The molecule has 0 aliphatic rings. The molecule has 7 aromatic rings. The molecule has 0 unspecified atom stereocenters. The second-order valence-corrected chi connectivity index (χ2v) is 9.58. The van der Waals surface area contributed by atoms with Crippen molar-refractivity contribution < 1.29 is 0 Å². The number of anilines is 3. The Bertz CT molecular complexity index is 1910. The van der Waals surface area contributed by atoms with Crippen LogP contribution in [-0.2, 0) is 0 Å². The fraction of sp³-hybridized carbons (Fsp3) is 0. The van der Waals surface area contributed by atoms with Crippen LogP contribution in [0.15, 0.2) is 152 Å². The van der Waals surface area contributed by atoms with Crippen LogP contribution in [0.1, 0.15) is 0 Å². The molecule has 5 aromatic carbocycles. The molecule has 0 N–H and O–H groups in total. The fourth-order valence-corrected chi connectivity index (χ4v) is 5.11. The van der Waals surface area contributed by atoms with E-state index in [1.54, 1.807) is 0 Å². The van der Waals surface area contributed by atoms with Crippen LogP contribution < -0.4 is 4.90 Å². The molecule has 2 heterocycles. The van der Waals surface area contributed by atoms with Crippen molar-refractivity contribution in [3.05, 3.63) is 152 Å². The first-order valence-electron chi connectivity index (χ1n) is 13.1. The van der Waals surface area contributed by atoms with Crippen LogP contribution in [0.5, 0.6) is 0 Å². The van der Waals surface area contributed by atoms with Gasteiger partial charge in [-0.25, -0.2) is 4.98 Å². The van der Waals surface area contributed by atoms with Gasteiger partial charge in [0, 0.05) is 28.3 Å². The zero-order chi connectivity index (χ0) is 26.0.